The monoisotopic (exact) mass is 260 g/mol. The van der Waals surface area contributed by atoms with Crippen LogP contribution in [0.3, 0.4) is 0 Å². The molecule has 0 aliphatic heterocycles. The summed E-state index contributed by atoms with van der Waals surface area (Å²) in [4.78, 5) is 15.6. The number of esters is 1. The number of aromatic nitrogens is 2. The molecule has 1 heterocycles. The minimum Gasteiger partial charge on any atom is -0.464 e. The maximum Gasteiger partial charge on any atom is 0.339 e. The van der Waals surface area contributed by atoms with Crippen molar-refractivity contribution >= 4 is 5.97 Å². The van der Waals surface area contributed by atoms with Crippen molar-refractivity contribution in [1.29, 1.82) is 0 Å². The normalized spacial score (nSPS) is 12.2. The van der Waals surface area contributed by atoms with E-state index in [0.717, 1.165) is 11.5 Å². The maximum atomic E-state index is 11.4. The molecule has 0 bridgehead atoms. The van der Waals surface area contributed by atoms with Crippen molar-refractivity contribution in [3.63, 3.8) is 0 Å². The molecule has 0 aliphatic rings. The molecule has 0 fully saturated rings. The molecule has 0 saturated heterocycles. The molecule has 5 nitrogen and oxygen atoms in total. The molecule has 0 aliphatic carbocycles. The Balaban J connectivity index is 2.19. The molecule has 0 saturated carbocycles. The van der Waals surface area contributed by atoms with Gasteiger partial charge in [0.15, 0.2) is 6.10 Å². The van der Waals surface area contributed by atoms with Crippen LogP contribution in [0, 0.1) is 6.92 Å². The third kappa shape index (κ3) is 2.82. The fraction of sp³-hybridized carbons (Fsp3) is 0.286. The Morgan fingerprint density at radius 3 is 2.63 bits per heavy atom. The number of imidazole rings is 1. The van der Waals surface area contributed by atoms with Crippen molar-refractivity contribution < 1.29 is 14.6 Å². The number of ether oxygens (including phenoxy) is 1. The Labute approximate surface area is 111 Å². The highest BCUT2D eigenvalue weighted by Crippen LogP contribution is 2.18. The van der Waals surface area contributed by atoms with Gasteiger partial charge in [0.25, 0.3) is 0 Å². The predicted octanol–water partition coefficient (Wildman–Crippen LogP) is 1.78. The lowest BCUT2D eigenvalue weighted by atomic mass is 10.1. The number of carbonyl (C=O) groups excluding carboxylic acids is 1. The topological polar surface area (TPSA) is 64.3 Å². The van der Waals surface area contributed by atoms with Crippen molar-refractivity contribution in [3.8, 4) is 5.69 Å². The van der Waals surface area contributed by atoms with E-state index in [1.54, 1.807) is 25.3 Å². The Morgan fingerprint density at radius 2 is 2.11 bits per heavy atom. The van der Waals surface area contributed by atoms with Crippen LogP contribution in [0.15, 0.2) is 36.7 Å². The van der Waals surface area contributed by atoms with E-state index in [-0.39, 0.29) is 6.61 Å². The minimum absolute atomic E-state index is 0.252. The van der Waals surface area contributed by atoms with Gasteiger partial charge >= 0.3 is 5.97 Å². The van der Waals surface area contributed by atoms with Crippen LogP contribution in [0.1, 0.15) is 24.4 Å². The predicted molar refractivity (Wildman–Crippen MR) is 69.9 cm³/mol. The van der Waals surface area contributed by atoms with Crippen LogP contribution < -0.4 is 0 Å². The van der Waals surface area contributed by atoms with Crippen molar-refractivity contribution in [3.05, 3.63) is 48.0 Å². The molecular formula is C14H16N2O3. The molecule has 1 N–H and O–H groups in total. The number of aryl methyl sites for hydroxylation is 1. The summed E-state index contributed by atoms with van der Waals surface area (Å²) in [6.07, 6.45) is 2.33. The molecule has 1 atom stereocenters. The van der Waals surface area contributed by atoms with E-state index in [2.05, 4.69) is 4.98 Å². The largest absolute Gasteiger partial charge is 0.464 e. The van der Waals surface area contributed by atoms with E-state index in [9.17, 15) is 9.90 Å². The number of benzene rings is 1. The molecule has 1 unspecified atom stereocenters. The average Bonchev–Trinajstić information content (AvgIpc) is 2.84. The van der Waals surface area contributed by atoms with Crippen LogP contribution in [0.25, 0.3) is 5.69 Å². The Bertz CT molecular complexity index is 560. The molecule has 1 aromatic heterocycles. The van der Waals surface area contributed by atoms with Gasteiger partial charge in [-0.2, -0.15) is 0 Å². The summed E-state index contributed by atoms with van der Waals surface area (Å²) < 4.78 is 6.69. The van der Waals surface area contributed by atoms with Gasteiger partial charge < -0.3 is 14.4 Å². The molecule has 19 heavy (non-hydrogen) atoms. The third-order valence-electron chi connectivity index (χ3n) is 2.82. The first-order chi connectivity index (χ1) is 9.13. The van der Waals surface area contributed by atoms with Crippen molar-refractivity contribution in [2.75, 3.05) is 6.61 Å². The number of carbonyl (C=O) groups is 1. The Morgan fingerprint density at radius 1 is 1.42 bits per heavy atom. The van der Waals surface area contributed by atoms with E-state index in [0.29, 0.717) is 5.56 Å². The van der Waals surface area contributed by atoms with Crippen LogP contribution in [-0.2, 0) is 9.53 Å². The summed E-state index contributed by atoms with van der Waals surface area (Å²) in [5, 5.41) is 9.80. The Kier molecular flexibility index (Phi) is 3.97. The fourth-order valence-corrected chi connectivity index (χ4v) is 1.83. The standard InChI is InChI=1S/C14H16N2O3/c1-3-19-14(18)13(17)11-4-6-12(7-5-11)16-9-8-15-10(16)2/h4-9,13,17H,3H2,1-2H3. The first kappa shape index (κ1) is 13.3. The number of hydrogen-bond donors (Lipinski definition) is 1. The first-order valence-electron chi connectivity index (χ1n) is 6.08. The molecule has 1 aromatic carbocycles. The zero-order valence-corrected chi connectivity index (χ0v) is 10.9. The summed E-state index contributed by atoms with van der Waals surface area (Å²) in [5.41, 5.74) is 1.44. The SMILES string of the molecule is CCOC(=O)C(O)c1ccc(-n2ccnc2C)cc1. The highest BCUT2D eigenvalue weighted by Gasteiger charge is 2.18. The summed E-state index contributed by atoms with van der Waals surface area (Å²) in [6, 6.07) is 7.06. The molecular weight excluding hydrogens is 244 g/mol. The van der Waals surface area contributed by atoms with Crippen LogP contribution in [0.5, 0.6) is 0 Å². The van der Waals surface area contributed by atoms with Crippen LogP contribution in [0.2, 0.25) is 0 Å². The van der Waals surface area contributed by atoms with Crippen LogP contribution in [0.4, 0.5) is 0 Å². The highest BCUT2D eigenvalue weighted by atomic mass is 16.5. The second-order valence-electron chi connectivity index (χ2n) is 4.09. The smallest absolute Gasteiger partial charge is 0.339 e. The summed E-state index contributed by atoms with van der Waals surface area (Å²) >= 11 is 0. The number of nitrogens with zero attached hydrogens (tertiary/aromatic N) is 2. The number of aliphatic hydroxyl groups excluding tert-OH is 1. The van der Waals surface area contributed by atoms with Gasteiger partial charge in [-0.15, -0.1) is 0 Å². The van der Waals surface area contributed by atoms with Gasteiger partial charge in [-0.3, -0.25) is 0 Å². The van der Waals surface area contributed by atoms with E-state index in [1.165, 1.54) is 0 Å². The van der Waals surface area contributed by atoms with E-state index >= 15 is 0 Å². The van der Waals surface area contributed by atoms with Gasteiger partial charge in [-0.25, -0.2) is 9.78 Å². The zero-order chi connectivity index (χ0) is 13.8. The second-order valence-corrected chi connectivity index (χ2v) is 4.09. The van der Waals surface area contributed by atoms with Crippen LogP contribution >= 0.6 is 0 Å². The van der Waals surface area contributed by atoms with E-state index < -0.39 is 12.1 Å². The van der Waals surface area contributed by atoms with Gasteiger partial charge in [0.2, 0.25) is 0 Å². The third-order valence-corrected chi connectivity index (χ3v) is 2.82. The number of aliphatic hydroxyl groups is 1. The molecule has 100 valence electrons. The maximum absolute atomic E-state index is 11.4. The van der Waals surface area contributed by atoms with Crippen molar-refractivity contribution in [1.82, 2.24) is 9.55 Å². The summed E-state index contributed by atoms with van der Waals surface area (Å²) in [7, 11) is 0. The summed E-state index contributed by atoms with van der Waals surface area (Å²) in [5.74, 6) is 0.243. The van der Waals surface area contributed by atoms with Gasteiger partial charge in [0.1, 0.15) is 5.82 Å². The first-order valence-corrected chi connectivity index (χ1v) is 6.08. The molecule has 2 aromatic rings. The molecule has 0 amide bonds. The second kappa shape index (κ2) is 5.67. The lowest BCUT2D eigenvalue weighted by molar-refractivity contribution is -0.153. The summed E-state index contributed by atoms with van der Waals surface area (Å²) in [6.45, 7) is 3.86. The Hall–Kier alpha value is -2.14. The molecule has 0 radical (unpaired) electrons. The van der Waals surface area contributed by atoms with Gasteiger partial charge in [0.05, 0.1) is 6.61 Å². The number of rotatable bonds is 4. The zero-order valence-electron chi connectivity index (χ0n) is 10.9. The van der Waals surface area contributed by atoms with E-state index in [4.69, 9.17) is 4.74 Å². The fourth-order valence-electron chi connectivity index (χ4n) is 1.83. The minimum atomic E-state index is -1.24. The molecule has 2 rings (SSSR count). The van der Waals surface area contributed by atoms with Crippen molar-refractivity contribution in [2.24, 2.45) is 0 Å². The van der Waals surface area contributed by atoms with Crippen LogP contribution in [-0.4, -0.2) is 27.2 Å². The number of hydrogen-bond acceptors (Lipinski definition) is 4. The van der Waals surface area contributed by atoms with E-state index in [1.807, 2.05) is 29.8 Å². The van der Waals surface area contributed by atoms with Gasteiger partial charge in [-0.05, 0) is 31.5 Å². The average molecular weight is 260 g/mol. The molecule has 5 heteroatoms. The molecule has 0 spiro atoms. The van der Waals surface area contributed by atoms with Gasteiger partial charge in [-0.1, -0.05) is 12.1 Å². The van der Waals surface area contributed by atoms with Gasteiger partial charge in [0, 0.05) is 18.1 Å². The quantitative estimate of drug-likeness (QED) is 0.851. The highest BCUT2D eigenvalue weighted by molar-refractivity contribution is 5.76. The lowest BCUT2D eigenvalue weighted by Crippen LogP contribution is -2.15. The lowest BCUT2D eigenvalue weighted by Gasteiger charge is -2.11. The van der Waals surface area contributed by atoms with Crippen molar-refractivity contribution in [2.45, 2.75) is 20.0 Å².